The van der Waals surface area contributed by atoms with Crippen molar-refractivity contribution >= 4 is 11.8 Å². The van der Waals surface area contributed by atoms with Gasteiger partial charge in [0.1, 0.15) is 42.7 Å². The smallest absolute Gasteiger partial charge is 0.309 e. The molecule has 2 N–H and O–H groups in total. The highest BCUT2D eigenvalue weighted by molar-refractivity contribution is 5.86. The Bertz CT molecular complexity index is 1450. The number of esters is 1. The van der Waals surface area contributed by atoms with Crippen LogP contribution in [0.2, 0.25) is 0 Å². The van der Waals surface area contributed by atoms with Crippen molar-refractivity contribution in [2.45, 2.75) is 166 Å². The minimum absolute atomic E-state index is 0.0779. The second kappa shape index (κ2) is 20.2. The predicted octanol–water partition coefficient (Wildman–Crippen LogP) is 3.81. The van der Waals surface area contributed by atoms with Crippen molar-refractivity contribution in [3.63, 3.8) is 0 Å². The van der Waals surface area contributed by atoms with Crippen LogP contribution in [0.15, 0.2) is 36.5 Å². The van der Waals surface area contributed by atoms with Gasteiger partial charge in [-0.1, -0.05) is 71.9 Å². The van der Waals surface area contributed by atoms with E-state index in [0.29, 0.717) is 12.3 Å². The van der Waals surface area contributed by atoms with Crippen molar-refractivity contribution in [1.82, 2.24) is 0 Å². The zero-order chi connectivity index (χ0) is 42.5. The summed E-state index contributed by atoms with van der Waals surface area (Å²) in [6.45, 7) is 13.5. The first-order valence-electron chi connectivity index (χ1n) is 20.7. The molecule has 0 amide bonds. The number of hydrogen-bond acceptors (Lipinski definition) is 15. The highest BCUT2D eigenvalue weighted by Gasteiger charge is 2.57. The normalized spacial score (nSPS) is 44.1. The van der Waals surface area contributed by atoms with Gasteiger partial charge in [0.2, 0.25) is 5.79 Å². The molecule has 5 saturated heterocycles. The van der Waals surface area contributed by atoms with Gasteiger partial charge in [-0.15, -0.1) is 0 Å². The van der Waals surface area contributed by atoms with Crippen LogP contribution in [0.25, 0.3) is 0 Å². The summed E-state index contributed by atoms with van der Waals surface area (Å²) in [5, 5.41) is 22.6. The van der Waals surface area contributed by atoms with Gasteiger partial charge in [-0.2, -0.15) is 0 Å². The molecule has 15 heteroatoms. The molecule has 17 atom stereocenters. The molecule has 0 radical (unpaired) electrons. The van der Waals surface area contributed by atoms with Gasteiger partial charge in [0, 0.05) is 58.5 Å². The van der Waals surface area contributed by atoms with E-state index >= 15 is 0 Å². The third-order valence-corrected chi connectivity index (χ3v) is 12.6. The molecule has 5 aliphatic heterocycles. The van der Waals surface area contributed by atoms with Crippen LogP contribution < -0.4 is 0 Å². The van der Waals surface area contributed by atoms with Crippen molar-refractivity contribution in [2.24, 2.45) is 23.2 Å². The van der Waals surface area contributed by atoms with E-state index < -0.39 is 115 Å². The Labute approximate surface area is 343 Å². The number of carbonyl (C=O) groups is 2. The number of fused-ring (bicyclic) bond motifs is 4. The van der Waals surface area contributed by atoms with Crippen molar-refractivity contribution in [1.29, 1.82) is 0 Å². The zero-order valence-corrected chi connectivity index (χ0v) is 36.0. The number of ether oxygens (including phenoxy) is 11. The molecule has 5 heterocycles. The second-order valence-corrected chi connectivity index (χ2v) is 17.3. The van der Waals surface area contributed by atoms with Crippen LogP contribution in [0.3, 0.4) is 0 Å². The number of carbonyl (C=O) groups excluding carboxylic acids is 2. The molecule has 0 aromatic rings. The number of ketones is 1. The van der Waals surface area contributed by atoms with Crippen LogP contribution in [-0.2, 0) is 61.7 Å². The molecule has 15 nitrogen and oxygen atoms in total. The Balaban J connectivity index is 1.39. The summed E-state index contributed by atoms with van der Waals surface area (Å²) in [5.41, 5.74) is -0.811. The van der Waals surface area contributed by atoms with Crippen LogP contribution in [-0.4, -0.2) is 149 Å². The first-order valence-corrected chi connectivity index (χ1v) is 20.7. The summed E-state index contributed by atoms with van der Waals surface area (Å²) in [4.78, 5) is 27.9. The lowest BCUT2D eigenvalue weighted by Crippen LogP contribution is -2.63. The van der Waals surface area contributed by atoms with Crippen LogP contribution in [0.1, 0.15) is 74.1 Å². The average molecular weight is 825 g/mol. The Morgan fingerprint density at radius 1 is 0.793 bits per heavy atom. The fraction of sp³-hybridized carbons (Fsp3) is 0.814. The topological polar surface area (TPSA) is 176 Å². The lowest BCUT2D eigenvalue weighted by molar-refractivity contribution is -0.358. The molecule has 0 aromatic heterocycles. The lowest BCUT2D eigenvalue weighted by Gasteiger charge is -2.48. The van der Waals surface area contributed by atoms with Gasteiger partial charge < -0.3 is 62.3 Å². The van der Waals surface area contributed by atoms with E-state index in [9.17, 15) is 19.8 Å². The first-order chi connectivity index (χ1) is 27.5. The van der Waals surface area contributed by atoms with Gasteiger partial charge in [0.05, 0.1) is 43.5 Å². The minimum Gasteiger partial charge on any atom is -0.457 e. The van der Waals surface area contributed by atoms with E-state index in [4.69, 9.17) is 52.1 Å². The SMILES string of the molecule is CO[C@H]1[C@H](O[C@H]2C[C@H]3CC(=O)[C@]4(O)O[C@@H](C[C@H]4C)C(C)(C)[C@@H](/C=C/C=C/C=C/C(C)C)OC(=O)C[C@H](O3)[C@@H]2C)OC[C@@H](OC)[C@@H]1O[C@H]1O[C@H](C)[C@H](O)[C@H](OC)[C@H]1OC. The minimum atomic E-state index is -2.06. The maximum Gasteiger partial charge on any atom is 0.309 e. The molecule has 58 heavy (non-hydrogen) atoms. The van der Waals surface area contributed by atoms with Crippen molar-refractivity contribution < 1.29 is 71.9 Å². The summed E-state index contributed by atoms with van der Waals surface area (Å²) >= 11 is 0. The molecule has 0 saturated carbocycles. The van der Waals surface area contributed by atoms with Crippen LogP contribution in [0.4, 0.5) is 0 Å². The highest BCUT2D eigenvalue weighted by atomic mass is 16.8. The molecule has 0 aromatic carbocycles. The molecular weight excluding hydrogens is 756 g/mol. The first kappa shape index (κ1) is 46.9. The zero-order valence-electron chi connectivity index (χ0n) is 36.0. The number of allylic oxidation sites excluding steroid dienone is 5. The number of rotatable bonds is 12. The van der Waals surface area contributed by atoms with E-state index in [1.54, 1.807) is 13.8 Å². The van der Waals surface area contributed by atoms with Gasteiger partial charge in [0.25, 0.3) is 0 Å². The predicted molar refractivity (Wildman–Crippen MR) is 209 cm³/mol. The molecule has 5 fully saturated rings. The van der Waals surface area contributed by atoms with Crippen LogP contribution in [0.5, 0.6) is 0 Å². The Hall–Kier alpha value is -2.12. The van der Waals surface area contributed by atoms with E-state index in [1.165, 1.54) is 28.4 Å². The van der Waals surface area contributed by atoms with Gasteiger partial charge in [0.15, 0.2) is 18.4 Å². The molecular formula is C43H68O15. The molecule has 5 aliphatic rings. The lowest BCUT2D eigenvalue weighted by atomic mass is 9.77. The molecule has 330 valence electrons. The maximum atomic E-state index is 14.1. The number of Topliss-reactive ketones (excluding diaryl/α,β-unsaturated/α-hetero) is 1. The van der Waals surface area contributed by atoms with Crippen LogP contribution >= 0.6 is 0 Å². The molecule has 0 spiro atoms. The fourth-order valence-corrected chi connectivity index (χ4v) is 8.67. The highest BCUT2D eigenvalue weighted by Crippen LogP contribution is 2.46. The molecule has 5 rings (SSSR count). The monoisotopic (exact) mass is 824 g/mol. The van der Waals surface area contributed by atoms with E-state index in [2.05, 4.69) is 19.9 Å². The average Bonchev–Trinajstić information content (AvgIpc) is 3.50. The van der Waals surface area contributed by atoms with Crippen molar-refractivity contribution in [3.05, 3.63) is 36.5 Å². The summed E-state index contributed by atoms with van der Waals surface area (Å²) in [7, 11) is 6.02. The van der Waals surface area contributed by atoms with E-state index in [-0.39, 0.29) is 31.8 Å². The number of aliphatic hydroxyl groups is 2. The van der Waals surface area contributed by atoms with Gasteiger partial charge in [-0.25, -0.2) is 0 Å². The van der Waals surface area contributed by atoms with E-state index in [0.717, 1.165) is 0 Å². The summed E-state index contributed by atoms with van der Waals surface area (Å²) in [6.07, 6.45) is 1.19. The number of hydrogen-bond donors (Lipinski definition) is 2. The Kier molecular flexibility index (Phi) is 16.3. The molecule has 0 unspecified atom stereocenters. The maximum absolute atomic E-state index is 14.1. The number of methoxy groups -OCH3 is 4. The van der Waals surface area contributed by atoms with Crippen molar-refractivity contribution in [3.8, 4) is 0 Å². The number of cyclic esters (lactones) is 1. The number of aliphatic hydroxyl groups excluding tert-OH is 1. The summed E-state index contributed by atoms with van der Waals surface area (Å²) in [6, 6.07) is 0. The quantitative estimate of drug-likeness (QED) is 0.215. The van der Waals surface area contributed by atoms with Gasteiger partial charge in [-0.3, -0.25) is 9.59 Å². The largest absolute Gasteiger partial charge is 0.457 e. The third-order valence-electron chi connectivity index (χ3n) is 12.6. The molecule has 4 bridgehead atoms. The summed E-state index contributed by atoms with van der Waals surface area (Å²) < 4.78 is 67.6. The Morgan fingerprint density at radius 3 is 2.12 bits per heavy atom. The fourth-order valence-electron chi connectivity index (χ4n) is 8.67. The van der Waals surface area contributed by atoms with Crippen LogP contribution in [0, 0.1) is 23.2 Å². The van der Waals surface area contributed by atoms with Gasteiger partial charge in [-0.05, 0) is 25.3 Å². The van der Waals surface area contributed by atoms with Crippen molar-refractivity contribution in [2.75, 3.05) is 35.0 Å². The van der Waals surface area contributed by atoms with E-state index in [1.807, 2.05) is 51.2 Å². The Morgan fingerprint density at radius 2 is 1.47 bits per heavy atom. The standard InChI is InChI=1S/C43H68O15/c1-23(2)16-14-12-13-15-17-32-42(6,7)33-18-24(3)43(47,58-33)31(44)20-27-19-28(25(4)29(54-27)21-34(45)56-32)55-40-38(50-10)36(30(48-8)22-52-40)57-41-39(51-11)37(49-9)35(46)26(5)53-41/h12-17,23-30,32-33,35-41,46-47H,18-22H2,1-11H3/b13-12+,16-14+,17-15+/t24-,25-,26-,27+,28+,29+,30-,32-,33+,35+,36+,37+,38-,39-,40+,41-,43-/m1/s1. The third kappa shape index (κ3) is 10.3. The van der Waals surface area contributed by atoms with Gasteiger partial charge >= 0.3 is 5.97 Å². The summed E-state index contributed by atoms with van der Waals surface area (Å²) in [5.74, 6) is -3.54. The second-order valence-electron chi connectivity index (χ2n) is 17.3. The molecule has 0 aliphatic carbocycles.